The van der Waals surface area contributed by atoms with Gasteiger partial charge < -0.3 is 64.4 Å². The van der Waals surface area contributed by atoms with Crippen molar-refractivity contribution < 1.29 is 13.5 Å². The number of rotatable bonds is 15. The first-order valence-electron chi connectivity index (χ1n) is 42.5. The molecule has 0 unspecified atom stereocenters. The third kappa shape index (κ3) is 21.4. The second-order valence-electron chi connectivity index (χ2n) is 32.6. The van der Waals surface area contributed by atoms with Gasteiger partial charge in [0.05, 0.1) is 79.6 Å². The molecule has 0 atom stereocenters. The van der Waals surface area contributed by atoms with Gasteiger partial charge in [0.2, 0.25) is 0 Å². The van der Waals surface area contributed by atoms with Crippen LogP contribution in [0, 0.1) is 11.6 Å². The SMILES string of the molecule is CN1CCN(CCN2c3ccccc3Nc3ccc(Cl)cc32)CC1.CN1CCN(CCN2c3ccccc3Nc3ccc(F)cc32)CC1.CN1CCN(CCN2c3ccccc3Oc3ccc(Br)cc32)CC1.CN1CCN(CCN2c3ccccc3Sc3ccc(Br)cc32)CC1.CN1CCN(CCN2c3ccccc3Sc3ccc(F)cc32)CC1. The summed E-state index contributed by atoms with van der Waals surface area (Å²) >= 11 is 17.1. The van der Waals surface area contributed by atoms with Gasteiger partial charge in [-0.3, -0.25) is 24.5 Å². The molecular formula is C95H112Br2ClF2N17OS2. The van der Waals surface area contributed by atoms with Gasteiger partial charge in [0.1, 0.15) is 11.6 Å². The molecule has 10 heterocycles. The molecule has 5 fully saturated rings. The highest BCUT2D eigenvalue weighted by molar-refractivity contribution is 9.10. The van der Waals surface area contributed by atoms with Gasteiger partial charge in [-0.2, -0.15) is 0 Å². The molecule has 10 aromatic carbocycles. The summed E-state index contributed by atoms with van der Waals surface area (Å²) in [5.41, 5.74) is 15.9. The van der Waals surface area contributed by atoms with E-state index >= 15 is 0 Å². The number of fused-ring (bicyclic) bond motifs is 10. The lowest BCUT2D eigenvalue weighted by Crippen LogP contribution is -2.46. The van der Waals surface area contributed by atoms with Crippen molar-refractivity contribution in [2.45, 2.75) is 19.6 Å². The molecule has 0 aromatic heterocycles. The highest BCUT2D eigenvalue weighted by Gasteiger charge is 2.32. The van der Waals surface area contributed by atoms with E-state index in [1.54, 1.807) is 30.0 Å². The summed E-state index contributed by atoms with van der Waals surface area (Å²) in [4.78, 5) is 41.5. The number of hydrogen-bond acceptors (Lipinski definition) is 20. The van der Waals surface area contributed by atoms with Crippen LogP contribution in [-0.4, -0.2) is 281 Å². The van der Waals surface area contributed by atoms with Crippen LogP contribution in [-0.2, 0) is 0 Å². The van der Waals surface area contributed by atoms with E-state index < -0.39 is 0 Å². The lowest BCUT2D eigenvalue weighted by molar-refractivity contribution is 0.157. The summed E-state index contributed by atoms with van der Waals surface area (Å²) in [7, 11) is 11.0. The number of likely N-dealkylation sites (N-methyl/N-ethyl adjacent to an activating group) is 5. The smallest absolute Gasteiger partial charge is 0.151 e. The molecule has 2 N–H and O–H groups in total. The third-order valence-electron chi connectivity index (χ3n) is 24.4. The highest BCUT2D eigenvalue weighted by Crippen LogP contribution is 2.52. The van der Waals surface area contributed by atoms with Gasteiger partial charge >= 0.3 is 0 Å². The fourth-order valence-electron chi connectivity index (χ4n) is 17.0. The number of para-hydroxylation sites is 8. The number of anilines is 14. The van der Waals surface area contributed by atoms with Gasteiger partial charge in [0, 0.05) is 230 Å². The summed E-state index contributed by atoms with van der Waals surface area (Å²) in [6.07, 6.45) is 0. The molecule has 10 aliphatic rings. The minimum absolute atomic E-state index is 0.168. The van der Waals surface area contributed by atoms with Crippen LogP contribution in [0.5, 0.6) is 11.5 Å². The molecule has 630 valence electrons. The molecule has 18 nitrogen and oxygen atoms in total. The Kier molecular flexibility index (Phi) is 28.9. The van der Waals surface area contributed by atoms with Gasteiger partial charge in [-0.1, -0.05) is 128 Å². The fourth-order valence-corrected chi connectivity index (χ4v) is 20.0. The molecular weight excluding hydrogens is 1690 g/mol. The zero-order chi connectivity index (χ0) is 82.6. The first-order chi connectivity index (χ1) is 58.5. The minimum atomic E-state index is -0.195. The average Bonchev–Trinajstić information content (AvgIpc) is 0.795. The number of nitrogens with zero attached hydrogens (tertiary/aromatic N) is 15. The van der Waals surface area contributed by atoms with Crippen LogP contribution in [0.3, 0.4) is 0 Å². The van der Waals surface area contributed by atoms with Crippen LogP contribution in [0.15, 0.2) is 241 Å². The Morgan fingerprint density at radius 1 is 0.283 bits per heavy atom. The maximum atomic E-state index is 13.8. The Hall–Kier alpha value is -7.99. The maximum Gasteiger partial charge on any atom is 0.151 e. The second-order valence-corrected chi connectivity index (χ2v) is 37.1. The Balaban J connectivity index is 0.000000112. The van der Waals surface area contributed by atoms with E-state index in [-0.39, 0.29) is 11.6 Å². The lowest BCUT2D eigenvalue weighted by Gasteiger charge is -2.37. The van der Waals surface area contributed by atoms with Crippen molar-refractivity contribution in [1.82, 2.24) is 49.0 Å². The number of piperazine rings is 5. The molecule has 5 saturated heterocycles. The quantitative estimate of drug-likeness (QED) is 0.102. The van der Waals surface area contributed by atoms with Crippen LogP contribution in [0.2, 0.25) is 5.02 Å². The van der Waals surface area contributed by atoms with Crippen LogP contribution in [0.25, 0.3) is 0 Å². The molecule has 0 radical (unpaired) electrons. The Bertz CT molecular complexity index is 4370. The standard InChI is InChI=1S/C19H22BrN3O.C19H22BrN3S.C19H23ClN4.C19H23FN4.C19H22FN3S/c2*1-21-8-10-22(11-9-21)12-13-23-16-4-2-3-5-18(16)24-19-7-6-15(20)14-17(19)23;2*1-22-8-10-23(11-9-22)12-13-24-18-5-3-2-4-16(18)21-17-7-6-15(20)14-19(17)24;1-21-8-10-22(11-9-21)12-13-23-16-4-2-3-5-18(16)24-19-7-6-15(20)14-17(19)23/h2*2-7,14H,8-13H2,1H3;2*2-7,14,21H,8-13H2,1H3;2-7,14H,8-13H2,1H3. The van der Waals surface area contributed by atoms with Crippen LogP contribution < -0.4 is 39.9 Å². The number of benzene rings is 10. The zero-order valence-electron chi connectivity index (χ0n) is 69.7. The molecule has 0 amide bonds. The molecule has 0 bridgehead atoms. The maximum absolute atomic E-state index is 13.8. The van der Waals surface area contributed by atoms with Crippen molar-refractivity contribution in [3.05, 3.63) is 238 Å². The van der Waals surface area contributed by atoms with Gasteiger partial charge in [-0.25, -0.2) is 8.78 Å². The first kappa shape index (κ1) is 85.6. The van der Waals surface area contributed by atoms with E-state index in [4.69, 9.17) is 16.3 Å². The van der Waals surface area contributed by atoms with Gasteiger partial charge in [-0.15, -0.1) is 0 Å². The molecule has 25 heteroatoms. The van der Waals surface area contributed by atoms with Crippen molar-refractivity contribution in [2.75, 3.05) is 267 Å². The summed E-state index contributed by atoms with van der Waals surface area (Å²) < 4.78 is 35.9. The first-order valence-corrected chi connectivity index (χ1v) is 46.1. The Morgan fingerprint density at radius 2 is 0.583 bits per heavy atom. The number of hydrogen-bond donors (Lipinski definition) is 2. The van der Waals surface area contributed by atoms with Gasteiger partial charge in [0.25, 0.3) is 0 Å². The van der Waals surface area contributed by atoms with Crippen molar-refractivity contribution in [2.24, 2.45) is 0 Å². The van der Waals surface area contributed by atoms with Crippen LogP contribution in [0.1, 0.15) is 0 Å². The minimum Gasteiger partial charge on any atom is -0.453 e. The van der Waals surface area contributed by atoms with Crippen molar-refractivity contribution >= 4 is 147 Å². The number of ether oxygens (including phenoxy) is 1. The predicted molar refractivity (Wildman–Crippen MR) is 504 cm³/mol. The molecule has 0 spiro atoms. The second kappa shape index (κ2) is 40.6. The highest BCUT2D eigenvalue weighted by atomic mass is 79.9. The zero-order valence-corrected chi connectivity index (χ0v) is 75.3. The average molecular weight is 1810 g/mol. The molecule has 10 aromatic rings. The molecule has 0 saturated carbocycles. The van der Waals surface area contributed by atoms with Gasteiger partial charge in [-0.05, 0) is 187 Å². The van der Waals surface area contributed by atoms with E-state index in [0.717, 1.165) is 257 Å². The van der Waals surface area contributed by atoms with E-state index in [1.807, 2.05) is 66.4 Å². The molecule has 120 heavy (non-hydrogen) atoms. The fraction of sp³-hybridized carbons (Fsp3) is 0.368. The van der Waals surface area contributed by atoms with E-state index in [0.29, 0.717) is 0 Å². The Labute approximate surface area is 739 Å². The monoisotopic (exact) mass is 1800 g/mol. The van der Waals surface area contributed by atoms with E-state index in [2.05, 4.69) is 285 Å². The topological polar surface area (TPSA) is 81.9 Å². The molecule has 0 aliphatic carbocycles. The number of halogens is 5. The van der Waals surface area contributed by atoms with Crippen molar-refractivity contribution in [3.63, 3.8) is 0 Å². The van der Waals surface area contributed by atoms with Crippen molar-refractivity contribution in [1.29, 1.82) is 0 Å². The van der Waals surface area contributed by atoms with Crippen molar-refractivity contribution in [3.8, 4) is 11.5 Å². The Morgan fingerprint density at radius 3 is 1.03 bits per heavy atom. The predicted octanol–water partition coefficient (Wildman–Crippen LogP) is 19.0. The summed E-state index contributed by atoms with van der Waals surface area (Å²) in [6, 6.07) is 71.2. The summed E-state index contributed by atoms with van der Waals surface area (Å²) in [5, 5.41) is 7.71. The molecule has 20 rings (SSSR count). The van der Waals surface area contributed by atoms with E-state index in [1.165, 1.54) is 69.7 Å². The summed E-state index contributed by atoms with van der Waals surface area (Å²) in [5.74, 6) is 1.50. The normalized spacial score (nSPS) is 18.1. The van der Waals surface area contributed by atoms with E-state index in [9.17, 15) is 8.78 Å². The lowest BCUT2D eigenvalue weighted by atomic mass is 10.1. The third-order valence-corrected chi connectivity index (χ3v) is 27.9. The molecule has 10 aliphatic heterocycles. The van der Waals surface area contributed by atoms with Gasteiger partial charge in [0.15, 0.2) is 11.5 Å². The van der Waals surface area contributed by atoms with Crippen LogP contribution in [0.4, 0.5) is 88.4 Å². The van der Waals surface area contributed by atoms with Crippen LogP contribution >= 0.6 is 67.0 Å². The largest absolute Gasteiger partial charge is 0.453 e. The summed E-state index contributed by atoms with van der Waals surface area (Å²) in [6.45, 7) is 32.7. The number of nitrogens with one attached hydrogen (secondary N) is 2.